The van der Waals surface area contributed by atoms with Crippen LogP contribution in [0, 0.1) is 0 Å². The van der Waals surface area contributed by atoms with Crippen LogP contribution < -0.4 is 4.90 Å². The SMILES string of the molecule is O=C(O)C(F)(F)F.O=C(c1ccc(Br)o1)N1C[C@]2(F)CN(c3ccccn3)C(=O)[C@]2(F)C1. The molecule has 2 fully saturated rings. The number of amides is 2. The van der Waals surface area contributed by atoms with Gasteiger partial charge < -0.3 is 14.4 Å². The molecule has 0 spiro atoms. The smallest absolute Gasteiger partial charge is 0.475 e. The van der Waals surface area contributed by atoms with Gasteiger partial charge in [0.25, 0.3) is 11.8 Å². The van der Waals surface area contributed by atoms with Crippen molar-refractivity contribution in [1.29, 1.82) is 0 Å². The number of halogens is 6. The van der Waals surface area contributed by atoms with Crippen LogP contribution in [0.3, 0.4) is 0 Å². The molecule has 2 amide bonds. The lowest BCUT2D eigenvalue weighted by molar-refractivity contribution is -0.192. The molecule has 0 aromatic carbocycles. The van der Waals surface area contributed by atoms with Crippen LogP contribution in [0.5, 0.6) is 0 Å². The van der Waals surface area contributed by atoms with Gasteiger partial charge in [-0.15, -0.1) is 0 Å². The van der Waals surface area contributed by atoms with Gasteiger partial charge in [-0.2, -0.15) is 13.2 Å². The van der Waals surface area contributed by atoms with Gasteiger partial charge in [0, 0.05) is 6.20 Å². The van der Waals surface area contributed by atoms with Gasteiger partial charge in [0.2, 0.25) is 5.67 Å². The normalized spacial score (nSPS) is 24.8. The average molecular weight is 526 g/mol. The number of likely N-dealkylation sites (tertiary alicyclic amines) is 1. The van der Waals surface area contributed by atoms with Crippen LogP contribution in [-0.2, 0) is 9.59 Å². The lowest BCUT2D eigenvalue weighted by Crippen LogP contribution is -2.47. The van der Waals surface area contributed by atoms with Crippen LogP contribution in [0.1, 0.15) is 10.6 Å². The summed E-state index contributed by atoms with van der Waals surface area (Å²) < 4.78 is 67.8. The van der Waals surface area contributed by atoms with E-state index in [-0.39, 0.29) is 11.6 Å². The summed E-state index contributed by atoms with van der Waals surface area (Å²) in [7, 11) is 0. The highest BCUT2D eigenvalue weighted by Crippen LogP contribution is 2.46. The second kappa shape index (κ2) is 8.15. The summed E-state index contributed by atoms with van der Waals surface area (Å²) in [5, 5.41) is 7.12. The van der Waals surface area contributed by atoms with Crippen LogP contribution in [0.2, 0.25) is 0 Å². The largest absolute Gasteiger partial charge is 0.490 e. The summed E-state index contributed by atoms with van der Waals surface area (Å²) in [6.07, 6.45) is -3.64. The number of carbonyl (C=O) groups is 3. The maximum absolute atomic E-state index is 15.3. The number of nitrogens with zero attached hydrogens (tertiary/aromatic N) is 3. The van der Waals surface area contributed by atoms with Gasteiger partial charge in [0.1, 0.15) is 5.82 Å². The first-order valence-electron chi connectivity index (χ1n) is 8.74. The van der Waals surface area contributed by atoms with Crippen molar-refractivity contribution in [2.45, 2.75) is 17.5 Å². The minimum absolute atomic E-state index is 0.0481. The number of hydrogen-bond acceptors (Lipinski definition) is 5. The summed E-state index contributed by atoms with van der Waals surface area (Å²) >= 11 is 3.07. The fourth-order valence-electron chi connectivity index (χ4n) is 3.29. The average Bonchev–Trinajstić information content (AvgIpc) is 3.32. The number of carboxylic acid groups (broad SMARTS) is 1. The maximum atomic E-state index is 15.3. The van der Waals surface area contributed by atoms with Gasteiger partial charge in [-0.3, -0.25) is 14.5 Å². The van der Waals surface area contributed by atoms with Gasteiger partial charge in [0.15, 0.2) is 16.1 Å². The van der Waals surface area contributed by atoms with Crippen molar-refractivity contribution in [3.8, 4) is 0 Å². The van der Waals surface area contributed by atoms with E-state index >= 15 is 8.78 Å². The minimum atomic E-state index is -5.08. The van der Waals surface area contributed by atoms with Crippen LogP contribution >= 0.6 is 15.9 Å². The third kappa shape index (κ3) is 4.18. The molecule has 2 aromatic rings. The molecule has 2 aliphatic heterocycles. The highest BCUT2D eigenvalue weighted by atomic mass is 79.9. The Morgan fingerprint density at radius 2 is 1.78 bits per heavy atom. The molecule has 2 aliphatic rings. The summed E-state index contributed by atoms with van der Waals surface area (Å²) in [5.74, 6) is -4.31. The van der Waals surface area contributed by atoms with Gasteiger partial charge in [-0.05, 0) is 40.2 Å². The third-order valence-electron chi connectivity index (χ3n) is 4.79. The molecule has 0 saturated carbocycles. The summed E-state index contributed by atoms with van der Waals surface area (Å²) in [6, 6.07) is 7.69. The summed E-state index contributed by atoms with van der Waals surface area (Å²) in [6.45, 7) is -1.69. The first-order chi connectivity index (χ1) is 14.8. The second-order valence-electron chi connectivity index (χ2n) is 6.91. The van der Waals surface area contributed by atoms with E-state index in [1.807, 2.05) is 0 Å². The molecule has 2 saturated heterocycles. The van der Waals surface area contributed by atoms with Gasteiger partial charge in [-0.1, -0.05) is 6.07 Å². The van der Waals surface area contributed by atoms with Crippen LogP contribution in [0.15, 0.2) is 45.6 Å². The number of aromatic nitrogens is 1. The van der Waals surface area contributed by atoms with Crippen molar-refractivity contribution in [2.24, 2.45) is 0 Å². The number of hydrogen-bond donors (Lipinski definition) is 1. The molecule has 1 N–H and O–H groups in total. The number of aliphatic carboxylic acids is 1. The molecule has 0 radical (unpaired) electrons. The number of anilines is 1. The van der Waals surface area contributed by atoms with Crippen molar-refractivity contribution in [1.82, 2.24) is 9.88 Å². The molecular formula is C18H13BrF5N3O5. The zero-order valence-electron chi connectivity index (χ0n) is 15.8. The molecule has 32 heavy (non-hydrogen) atoms. The van der Waals surface area contributed by atoms with E-state index in [4.69, 9.17) is 14.3 Å². The Kier molecular flexibility index (Phi) is 6.02. The molecule has 14 heteroatoms. The van der Waals surface area contributed by atoms with E-state index in [0.717, 1.165) is 9.80 Å². The van der Waals surface area contributed by atoms with Gasteiger partial charge >= 0.3 is 12.1 Å². The fraction of sp³-hybridized carbons (Fsp3) is 0.333. The number of carboxylic acids is 1. The first-order valence-corrected chi connectivity index (χ1v) is 9.53. The van der Waals surface area contributed by atoms with E-state index < -0.39 is 54.9 Å². The topological polar surface area (TPSA) is 104 Å². The molecule has 4 heterocycles. The van der Waals surface area contributed by atoms with Gasteiger partial charge in [0.05, 0.1) is 19.6 Å². The van der Waals surface area contributed by atoms with Crippen molar-refractivity contribution < 1.29 is 45.9 Å². The lowest BCUT2D eigenvalue weighted by atomic mass is 9.93. The Bertz CT molecular complexity index is 1050. The highest BCUT2D eigenvalue weighted by Gasteiger charge is 2.72. The number of fused-ring (bicyclic) bond motifs is 1. The predicted molar refractivity (Wildman–Crippen MR) is 100 cm³/mol. The molecular weight excluding hydrogens is 513 g/mol. The quantitative estimate of drug-likeness (QED) is 0.604. The molecule has 0 aliphatic carbocycles. The Labute approximate surface area is 184 Å². The zero-order valence-corrected chi connectivity index (χ0v) is 17.4. The number of alkyl halides is 5. The predicted octanol–water partition coefficient (Wildman–Crippen LogP) is 2.99. The second-order valence-corrected chi connectivity index (χ2v) is 7.70. The van der Waals surface area contributed by atoms with Crippen LogP contribution in [0.4, 0.5) is 27.8 Å². The summed E-state index contributed by atoms with van der Waals surface area (Å²) in [4.78, 5) is 39.7. The van der Waals surface area contributed by atoms with E-state index in [1.54, 1.807) is 12.1 Å². The van der Waals surface area contributed by atoms with E-state index in [1.165, 1.54) is 24.4 Å². The molecule has 0 bridgehead atoms. The van der Waals surface area contributed by atoms with Gasteiger partial charge in [-0.25, -0.2) is 18.6 Å². The highest BCUT2D eigenvalue weighted by molar-refractivity contribution is 9.10. The van der Waals surface area contributed by atoms with Crippen molar-refractivity contribution >= 4 is 39.5 Å². The Balaban J connectivity index is 0.000000360. The monoisotopic (exact) mass is 525 g/mol. The standard InChI is InChI=1S/C16H12BrF2N3O3.C2HF3O2/c17-11-5-4-10(25-11)13(23)21-7-15(18)8-22(12-3-1-2-6-20-12)14(24)16(15,19)9-21;3-2(4,5)1(6)7/h1-6H,7-9H2;(H,6,7)/t15-,16+;/m0./s1. The maximum Gasteiger partial charge on any atom is 0.490 e. The van der Waals surface area contributed by atoms with Crippen molar-refractivity contribution in [2.75, 3.05) is 24.5 Å². The molecule has 172 valence electrons. The number of furan rings is 1. The Morgan fingerprint density at radius 1 is 1.12 bits per heavy atom. The molecule has 2 atom stereocenters. The van der Waals surface area contributed by atoms with E-state index in [9.17, 15) is 22.8 Å². The third-order valence-corrected chi connectivity index (χ3v) is 5.22. The summed E-state index contributed by atoms with van der Waals surface area (Å²) in [5.41, 5.74) is -5.30. The fourth-order valence-corrected chi connectivity index (χ4v) is 3.59. The van der Waals surface area contributed by atoms with Crippen molar-refractivity contribution in [3.63, 3.8) is 0 Å². The Morgan fingerprint density at radius 3 is 2.25 bits per heavy atom. The zero-order chi connectivity index (χ0) is 23.9. The van der Waals surface area contributed by atoms with Crippen LogP contribution in [0.25, 0.3) is 0 Å². The van der Waals surface area contributed by atoms with Crippen LogP contribution in [-0.4, -0.2) is 69.9 Å². The molecule has 4 rings (SSSR count). The van der Waals surface area contributed by atoms with Crippen molar-refractivity contribution in [3.05, 3.63) is 47.0 Å². The molecule has 0 unspecified atom stereocenters. The molecule has 2 aromatic heterocycles. The first kappa shape index (κ1) is 23.6. The lowest BCUT2D eigenvalue weighted by Gasteiger charge is -2.21. The number of rotatable bonds is 2. The van der Waals surface area contributed by atoms with E-state index in [2.05, 4.69) is 20.9 Å². The van der Waals surface area contributed by atoms with E-state index in [0.29, 0.717) is 4.67 Å². The number of carbonyl (C=O) groups excluding carboxylic acids is 2. The Hall–Kier alpha value is -3.03. The molecule has 8 nitrogen and oxygen atoms in total. The minimum Gasteiger partial charge on any atom is -0.475 e. The number of pyridine rings is 1.